The largest absolute Gasteiger partial charge is 0.352 e. The fraction of sp³-hybridized carbons (Fsp3) is 0.636. The molecule has 0 saturated carbocycles. The zero-order valence-electron chi connectivity index (χ0n) is 9.66. The molecular formula is C11H17BrN4O. The summed E-state index contributed by atoms with van der Waals surface area (Å²) >= 11 is 3.32. The van der Waals surface area contributed by atoms with Crippen LogP contribution in [0.5, 0.6) is 0 Å². The molecule has 1 fully saturated rings. The summed E-state index contributed by atoms with van der Waals surface area (Å²) in [5, 5.41) is 0. The molecule has 0 aliphatic carbocycles. The van der Waals surface area contributed by atoms with E-state index >= 15 is 0 Å². The summed E-state index contributed by atoms with van der Waals surface area (Å²) in [6.45, 7) is 1.61. The van der Waals surface area contributed by atoms with Crippen molar-refractivity contribution in [2.75, 3.05) is 18.0 Å². The van der Waals surface area contributed by atoms with E-state index in [2.05, 4.69) is 30.8 Å². The van der Waals surface area contributed by atoms with E-state index in [4.69, 9.17) is 5.73 Å². The van der Waals surface area contributed by atoms with Gasteiger partial charge in [0.15, 0.2) is 5.82 Å². The van der Waals surface area contributed by atoms with Crippen LogP contribution in [-0.4, -0.2) is 29.1 Å². The Labute approximate surface area is 109 Å². The van der Waals surface area contributed by atoms with Crippen LogP contribution in [0.15, 0.2) is 15.6 Å². The van der Waals surface area contributed by atoms with Crippen LogP contribution in [0, 0.1) is 0 Å². The number of halogens is 1. The van der Waals surface area contributed by atoms with Gasteiger partial charge in [0.25, 0.3) is 5.56 Å². The highest BCUT2D eigenvalue weighted by atomic mass is 79.9. The molecule has 0 spiro atoms. The maximum atomic E-state index is 11.6. The van der Waals surface area contributed by atoms with Gasteiger partial charge in [-0.3, -0.25) is 4.79 Å². The first-order chi connectivity index (χ1) is 8.24. The lowest BCUT2D eigenvalue weighted by Gasteiger charge is -2.36. The van der Waals surface area contributed by atoms with Crippen LogP contribution in [0.4, 0.5) is 5.82 Å². The van der Waals surface area contributed by atoms with E-state index in [0.717, 1.165) is 31.6 Å². The number of piperidine rings is 1. The minimum atomic E-state index is -0.132. The van der Waals surface area contributed by atoms with Gasteiger partial charge in [-0.05, 0) is 48.2 Å². The fourth-order valence-electron chi connectivity index (χ4n) is 2.35. The van der Waals surface area contributed by atoms with Gasteiger partial charge in [-0.2, -0.15) is 0 Å². The van der Waals surface area contributed by atoms with Gasteiger partial charge < -0.3 is 15.6 Å². The molecule has 0 aromatic carbocycles. The van der Waals surface area contributed by atoms with Crippen molar-refractivity contribution < 1.29 is 0 Å². The van der Waals surface area contributed by atoms with Crippen molar-refractivity contribution in [3.8, 4) is 0 Å². The predicted octanol–water partition coefficient (Wildman–Crippen LogP) is 1.24. The monoisotopic (exact) mass is 300 g/mol. The van der Waals surface area contributed by atoms with Gasteiger partial charge in [-0.1, -0.05) is 0 Å². The SMILES string of the molecule is NCCC1CCCCN1c1nc[nH]c(=O)c1Br. The number of nitrogens with zero attached hydrogens (tertiary/aromatic N) is 2. The maximum absolute atomic E-state index is 11.6. The van der Waals surface area contributed by atoms with E-state index in [0.29, 0.717) is 17.1 Å². The van der Waals surface area contributed by atoms with E-state index in [1.54, 1.807) is 0 Å². The van der Waals surface area contributed by atoms with Crippen LogP contribution < -0.4 is 16.2 Å². The first-order valence-electron chi connectivity index (χ1n) is 5.94. The Bertz CT molecular complexity index is 432. The normalized spacial score (nSPS) is 20.6. The minimum Gasteiger partial charge on any atom is -0.352 e. The Kier molecular flexibility index (Phi) is 4.17. The Morgan fingerprint density at radius 2 is 2.41 bits per heavy atom. The third-order valence-corrected chi connectivity index (χ3v) is 3.89. The third-order valence-electron chi connectivity index (χ3n) is 3.18. The van der Waals surface area contributed by atoms with Gasteiger partial charge in [-0.25, -0.2) is 4.98 Å². The molecular weight excluding hydrogens is 284 g/mol. The first-order valence-corrected chi connectivity index (χ1v) is 6.73. The van der Waals surface area contributed by atoms with Crippen molar-refractivity contribution in [1.82, 2.24) is 9.97 Å². The number of rotatable bonds is 3. The Morgan fingerprint density at radius 1 is 1.59 bits per heavy atom. The molecule has 3 N–H and O–H groups in total. The van der Waals surface area contributed by atoms with E-state index < -0.39 is 0 Å². The molecule has 17 heavy (non-hydrogen) atoms. The molecule has 1 aromatic rings. The number of hydrogen-bond acceptors (Lipinski definition) is 4. The number of nitrogens with two attached hydrogens (primary N) is 1. The average Bonchev–Trinajstić information content (AvgIpc) is 2.34. The van der Waals surface area contributed by atoms with E-state index in [-0.39, 0.29) is 5.56 Å². The lowest BCUT2D eigenvalue weighted by Crippen LogP contribution is -2.42. The van der Waals surface area contributed by atoms with Crippen LogP contribution in [-0.2, 0) is 0 Å². The predicted molar refractivity (Wildman–Crippen MR) is 71.2 cm³/mol. The molecule has 0 amide bonds. The van der Waals surface area contributed by atoms with Gasteiger partial charge >= 0.3 is 0 Å². The van der Waals surface area contributed by atoms with Crippen LogP contribution in [0.1, 0.15) is 25.7 Å². The van der Waals surface area contributed by atoms with Crippen molar-refractivity contribution >= 4 is 21.7 Å². The Hall–Kier alpha value is -0.880. The van der Waals surface area contributed by atoms with Crippen LogP contribution >= 0.6 is 15.9 Å². The molecule has 94 valence electrons. The Morgan fingerprint density at radius 3 is 3.18 bits per heavy atom. The molecule has 0 bridgehead atoms. The summed E-state index contributed by atoms with van der Waals surface area (Å²) < 4.78 is 0.518. The number of aromatic amines is 1. The number of H-pyrrole nitrogens is 1. The topological polar surface area (TPSA) is 75.0 Å². The highest BCUT2D eigenvalue weighted by molar-refractivity contribution is 9.10. The zero-order valence-corrected chi connectivity index (χ0v) is 11.2. The molecule has 2 heterocycles. The highest BCUT2D eigenvalue weighted by Crippen LogP contribution is 2.28. The number of aromatic nitrogens is 2. The second kappa shape index (κ2) is 5.64. The number of anilines is 1. The van der Waals surface area contributed by atoms with Gasteiger partial charge in [0, 0.05) is 12.6 Å². The molecule has 5 nitrogen and oxygen atoms in total. The fourth-order valence-corrected chi connectivity index (χ4v) is 2.79. The van der Waals surface area contributed by atoms with Gasteiger partial charge in [-0.15, -0.1) is 0 Å². The second-order valence-electron chi connectivity index (χ2n) is 4.29. The number of hydrogen-bond donors (Lipinski definition) is 2. The van der Waals surface area contributed by atoms with Gasteiger partial charge in [0.1, 0.15) is 4.47 Å². The molecule has 2 rings (SSSR count). The minimum absolute atomic E-state index is 0.132. The van der Waals surface area contributed by atoms with Gasteiger partial charge in [0.05, 0.1) is 6.33 Å². The van der Waals surface area contributed by atoms with Crippen molar-refractivity contribution in [3.05, 3.63) is 21.2 Å². The molecule has 1 aromatic heterocycles. The summed E-state index contributed by atoms with van der Waals surface area (Å²) in [7, 11) is 0. The number of nitrogens with one attached hydrogen (secondary N) is 1. The summed E-state index contributed by atoms with van der Waals surface area (Å²) in [5.41, 5.74) is 5.51. The second-order valence-corrected chi connectivity index (χ2v) is 5.08. The quantitative estimate of drug-likeness (QED) is 0.881. The van der Waals surface area contributed by atoms with Crippen molar-refractivity contribution in [3.63, 3.8) is 0 Å². The van der Waals surface area contributed by atoms with Crippen molar-refractivity contribution in [2.45, 2.75) is 31.7 Å². The van der Waals surface area contributed by atoms with Gasteiger partial charge in [0.2, 0.25) is 0 Å². The smallest absolute Gasteiger partial charge is 0.267 e. The van der Waals surface area contributed by atoms with Crippen LogP contribution in [0.3, 0.4) is 0 Å². The standard InChI is InChI=1S/C11H17BrN4O/c12-9-10(14-7-15-11(9)17)16-6-2-1-3-8(16)4-5-13/h7-8H,1-6,13H2,(H,14,15,17). The van der Waals surface area contributed by atoms with Crippen LogP contribution in [0.2, 0.25) is 0 Å². The average molecular weight is 301 g/mol. The van der Waals surface area contributed by atoms with Crippen molar-refractivity contribution in [2.24, 2.45) is 5.73 Å². The summed E-state index contributed by atoms with van der Waals surface area (Å²) in [5.74, 6) is 0.743. The lowest BCUT2D eigenvalue weighted by molar-refractivity contribution is 0.438. The summed E-state index contributed by atoms with van der Waals surface area (Å²) in [4.78, 5) is 20.6. The lowest BCUT2D eigenvalue weighted by atomic mass is 9.99. The Balaban J connectivity index is 2.29. The van der Waals surface area contributed by atoms with E-state index in [9.17, 15) is 4.79 Å². The third kappa shape index (κ3) is 2.69. The molecule has 0 radical (unpaired) electrons. The first kappa shape index (κ1) is 12.6. The maximum Gasteiger partial charge on any atom is 0.267 e. The van der Waals surface area contributed by atoms with Crippen molar-refractivity contribution in [1.29, 1.82) is 0 Å². The highest BCUT2D eigenvalue weighted by Gasteiger charge is 2.25. The molecule has 1 unspecified atom stereocenters. The molecule has 1 saturated heterocycles. The molecule has 6 heteroatoms. The molecule has 1 atom stereocenters. The zero-order chi connectivity index (χ0) is 12.3. The molecule has 1 aliphatic heterocycles. The summed E-state index contributed by atoms with van der Waals surface area (Å²) in [6.07, 6.45) is 5.89. The van der Waals surface area contributed by atoms with E-state index in [1.165, 1.54) is 12.7 Å². The molecule has 1 aliphatic rings. The van der Waals surface area contributed by atoms with Crippen LogP contribution in [0.25, 0.3) is 0 Å². The summed E-state index contributed by atoms with van der Waals surface area (Å²) in [6, 6.07) is 0.402. The van der Waals surface area contributed by atoms with E-state index in [1.807, 2.05) is 0 Å².